The minimum absolute atomic E-state index is 0. The van der Waals surface area contributed by atoms with E-state index in [1.54, 1.807) is 0 Å². The fourth-order valence-corrected chi connectivity index (χ4v) is 0. The number of halogens is 1. The molecule has 6 heteroatoms. The van der Waals surface area contributed by atoms with E-state index < -0.39 is 6.03 Å². The molecule has 0 spiro atoms. The van der Waals surface area contributed by atoms with Crippen molar-refractivity contribution in [3.63, 3.8) is 0 Å². The molecule has 0 heterocycles. The Balaban J connectivity index is -0.0000000720. The molecular formula is C3H12ClN3OS. The maximum absolute atomic E-state index is 9.00. The number of primary amides is 2. The third-order valence-corrected chi connectivity index (χ3v) is 0.387. The maximum Gasteiger partial charge on any atom is 0.309 e. The average molecular weight is 174 g/mol. The van der Waals surface area contributed by atoms with E-state index in [0.29, 0.717) is 6.54 Å². The Bertz CT molecular complexity index is 57.0. The molecule has 0 aliphatic heterocycles. The lowest BCUT2D eigenvalue weighted by Gasteiger charge is -1.69. The van der Waals surface area contributed by atoms with Crippen LogP contribution in [0.1, 0.15) is 0 Å². The molecule has 0 fully saturated rings. The average Bonchev–Trinajstić information content (AvgIpc) is 1.65. The number of urea groups is 1. The van der Waals surface area contributed by atoms with Crippen LogP contribution in [0.2, 0.25) is 0 Å². The maximum atomic E-state index is 9.00. The van der Waals surface area contributed by atoms with Crippen LogP contribution in [0.3, 0.4) is 0 Å². The van der Waals surface area contributed by atoms with Gasteiger partial charge in [0.1, 0.15) is 0 Å². The molecule has 0 radical (unpaired) electrons. The van der Waals surface area contributed by atoms with Crippen molar-refractivity contribution < 1.29 is 4.79 Å². The molecule has 0 aliphatic carbocycles. The van der Waals surface area contributed by atoms with Gasteiger partial charge in [0.05, 0.1) is 0 Å². The molecular weight excluding hydrogens is 162 g/mol. The van der Waals surface area contributed by atoms with Crippen LogP contribution in [0.25, 0.3) is 0 Å². The van der Waals surface area contributed by atoms with Crippen LogP contribution in [0, 0.1) is 0 Å². The minimum Gasteiger partial charge on any atom is -0.352 e. The topological polar surface area (TPSA) is 95.1 Å². The molecule has 58 valence electrons. The normalized spacial score (nSPS) is 6.00. The molecule has 0 unspecified atom stereocenters. The van der Waals surface area contributed by atoms with E-state index in [1.165, 1.54) is 0 Å². The smallest absolute Gasteiger partial charge is 0.309 e. The quantitative estimate of drug-likeness (QED) is 0.396. The first kappa shape index (κ1) is 15.9. The van der Waals surface area contributed by atoms with Crippen LogP contribution in [0.15, 0.2) is 0 Å². The van der Waals surface area contributed by atoms with E-state index >= 15 is 0 Å². The highest BCUT2D eigenvalue weighted by Crippen LogP contribution is 1.58. The fourth-order valence-electron chi connectivity index (χ4n) is 0. The summed E-state index contributed by atoms with van der Waals surface area (Å²) >= 11 is 3.80. The highest BCUT2D eigenvalue weighted by atomic mass is 35.5. The summed E-state index contributed by atoms with van der Waals surface area (Å²) in [6, 6.07) is -0.833. The second kappa shape index (κ2) is 15.7. The van der Waals surface area contributed by atoms with Gasteiger partial charge in [-0.2, -0.15) is 12.6 Å². The molecule has 0 aromatic rings. The number of carbonyl (C=O) groups excluding carboxylic acids is 1. The van der Waals surface area contributed by atoms with E-state index in [4.69, 9.17) is 10.5 Å². The molecule has 0 aromatic carbocycles. The number of amides is 2. The molecule has 6 N–H and O–H groups in total. The third kappa shape index (κ3) is 358. The van der Waals surface area contributed by atoms with Crippen LogP contribution in [-0.2, 0) is 0 Å². The summed E-state index contributed by atoms with van der Waals surface area (Å²) in [6.45, 7) is 0.684. The molecule has 0 bridgehead atoms. The first-order valence-electron chi connectivity index (χ1n) is 2.01. The lowest BCUT2D eigenvalue weighted by atomic mass is 10.8. The first-order valence-corrected chi connectivity index (χ1v) is 2.64. The molecule has 0 saturated heterocycles. The van der Waals surface area contributed by atoms with Gasteiger partial charge in [-0.15, -0.1) is 12.4 Å². The molecule has 9 heavy (non-hydrogen) atoms. The minimum atomic E-state index is -0.833. The molecule has 0 atom stereocenters. The van der Waals surface area contributed by atoms with Crippen molar-refractivity contribution in [3.8, 4) is 0 Å². The molecule has 0 aliphatic rings. The van der Waals surface area contributed by atoms with Crippen molar-refractivity contribution in [2.75, 3.05) is 12.3 Å². The Morgan fingerprint density at radius 1 is 1.44 bits per heavy atom. The highest BCUT2D eigenvalue weighted by molar-refractivity contribution is 7.80. The van der Waals surface area contributed by atoms with Crippen molar-refractivity contribution in [1.29, 1.82) is 0 Å². The van der Waals surface area contributed by atoms with Crippen LogP contribution < -0.4 is 17.2 Å². The van der Waals surface area contributed by atoms with Gasteiger partial charge >= 0.3 is 6.03 Å². The van der Waals surface area contributed by atoms with Crippen molar-refractivity contribution in [1.82, 2.24) is 0 Å². The van der Waals surface area contributed by atoms with E-state index in [1.807, 2.05) is 0 Å². The van der Waals surface area contributed by atoms with Crippen LogP contribution >= 0.6 is 25.0 Å². The summed E-state index contributed by atoms with van der Waals surface area (Å²) in [5.74, 6) is 0.792. The molecule has 2 amide bonds. The number of carbonyl (C=O) groups is 1. The second-order valence-corrected chi connectivity index (χ2v) is 1.36. The lowest BCUT2D eigenvalue weighted by Crippen LogP contribution is -2.18. The first-order chi connectivity index (χ1) is 3.65. The number of thiol groups is 1. The van der Waals surface area contributed by atoms with Gasteiger partial charge in [0.25, 0.3) is 0 Å². The fraction of sp³-hybridized carbons (Fsp3) is 0.667. The van der Waals surface area contributed by atoms with Crippen molar-refractivity contribution in [2.45, 2.75) is 0 Å². The zero-order valence-corrected chi connectivity index (χ0v) is 6.62. The summed E-state index contributed by atoms with van der Waals surface area (Å²) in [6.07, 6.45) is 0. The van der Waals surface area contributed by atoms with Crippen molar-refractivity contribution in [2.24, 2.45) is 17.2 Å². The second-order valence-electron chi connectivity index (χ2n) is 0.915. The summed E-state index contributed by atoms with van der Waals surface area (Å²) in [5, 5.41) is 0. The van der Waals surface area contributed by atoms with Crippen LogP contribution in [0.5, 0.6) is 0 Å². The van der Waals surface area contributed by atoms with Crippen LogP contribution in [-0.4, -0.2) is 18.3 Å². The zero-order valence-electron chi connectivity index (χ0n) is 4.91. The molecule has 4 nitrogen and oxygen atoms in total. The Kier molecular flexibility index (Phi) is 27.7. The summed E-state index contributed by atoms with van der Waals surface area (Å²) < 4.78 is 0. The Labute approximate surface area is 66.0 Å². The third-order valence-electron chi connectivity index (χ3n) is 0.129. The summed E-state index contributed by atoms with van der Waals surface area (Å²) in [4.78, 5) is 9.00. The number of nitrogens with two attached hydrogens (primary N) is 3. The van der Waals surface area contributed by atoms with Crippen molar-refractivity contribution >= 4 is 31.1 Å². The van der Waals surface area contributed by atoms with Gasteiger partial charge in [0, 0.05) is 12.3 Å². The van der Waals surface area contributed by atoms with Gasteiger partial charge in [0.2, 0.25) is 0 Å². The number of hydrogen-bond donors (Lipinski definition) is 4. The standard InChI is InChI=1S/C2H7NS.CH4N2O.ClH/c3-1-2-4;2-1(3)4;/h4H,1-3H2;(H4,2,3,4);1H. The van der Waals surface area contributed by atoms with E-state index in [-0.39, 0.29) is 12.4 Å². The van der Waals surface area contributed by atoms with E-state index in [9.17, 15) is 0 Å². The SMILES string of the molecule is Cl.NC(N)=O.NCCS. The van der Waals surface area contributed by atoms with Gasteiger partial charge in [-0.05, 0) is 0 Å². The predicted octanol–water partition coefficient (Wildman–Crippen LogP) is -0.679. The molecule has 0 aromatic heterocycles. The van der Waals surface area contributed by atoms with Gasteiger partial charge < -0.3 is 17.2 Å². The Morgan fingerprint density at radius 3 is 1.56 bits per heavy atom. The monoisotopic (exact) mass is 173 g/mol. The molecule has 0 saturated carbocycles. The van der Waals surface area contributed by atoms with E-state index in [2.05, 4.69) is 24.1 Å². The zero-order chi connectivity index (χ0) is 6.99. The van der Waals surface area contributed by atoms with Gasteiger partial charge in [0.15, 0.2) is 0 Å². The largest absolute Gasteiger partial charge is 0.352 e. The van der Waals surface area contributed by atoms with E-state index in [0.717, 1.165) is 5.75 Å². The van der Waals surface area contributed by atoms with Gasteiger partial charge in [-0.1, -0.05) is 0 Å². The van der Waals surface area contributed by atoms with Crippen molar-refractivity contribution in [3.05, 3.63) is 0 Å². The Hall–Kier alpha value is -0.130. The number of hydrogen-bond acceptors (Lipinski definition) is 3. The van der Waals surface area contributed by atoms with Gasteiger partial charge in [-0.25, -0.2) is 4.79 Å². The van der Waals surface area contributed by atoms with Crippen LogP contribution in [0.4, 0.5) is 4.79 Å². The molecule has 0 rings (SSSR count). The van der Waals surface area contributed by atoms with Gasteiger partial charge in [-0.3, -0.25) is 0 Å². The Morgan fingerprint density at radius 2 is 1.56 bits per heavy atom. The summed E-state index contributed by atoms with van der Waals surface area (Å²) in [5.41, 5.74) is 13.5. The highest BCUT2D eigenvalue weighted by Gasteiger charge is 1.60. The lowest BCUT2D eigenvalue weighted by molar-refractivity contribution is 0.256. The summed E-state index contributed by atoms with van der Waals surface area (Å²) in [7, 11) is 0. The number of rotatable bonds is 1. The predicted molar refractivity (Wildman–Crippen MR) is 43.9 cm³/mol.